The summed E-state index contributed by atoms with van der Waals surface area (Å²) in [6, 6.07) is 14.3. The maximum absolute atomic E-state index is 12.0. The van der Waals surface area contributed by atoms with Crippen molar-refractivity contribution < 1.29 is 19.4 Å². The zero-order valence-corrected chi connectivity index (χ0v) is 10.9. The molecule has 0 unspecified atom stereocenters. The molecule has 4 heteroatoms. The zero-order valence-electron chi connectivity index (χ0n) is 10.9. The van der Waals surface area contributed by atoms with Crippen molar-refractivity contribution in [2.75, 3.05) is 0 Å². The average Bonchev–Trinajstić information content (AvgIpc) is 2.48. The van der Waals surface area contributed by atoms with Gasteiger partial charge in [-0.1, -0.05) is 30.3 Å². The van der Waals surface area contributed by atoms with E-state index in [1.807, 2.05) is 6.07 Å². The van der Waals surface area contributed by atoms with Crippen molar-refractivity contribution in [3.8, 4) is 5.75 Å². The Morgan fingerprint density at radius 2 is 1.55 bits per heavy atom. The van der Waals surface area contributed by atoms with Gasteiger partial charge in [0.1, 0.15) is 5.75 Å². The van der Waals surface area contributed by atoms with Crippen molar-refractivity contribution in [2.24, 2.45) is 0 Å². The van der Waals surface area contributed by atoms with E-state index in [0.29, 0.717) is 5.56 Å². The monoisotopic (exact) mass is 270 g/mol. The number of ketones is 1. The fraction of sp³-hybridized carbons (Fsp3) is 0.125. The van der Waals surface area contributed by atoms with Crippen LogP contribution in [0.1, 0.15) is 27.6 Å². The van der Waals surface area contributed by atoms with Gasteiger partial charge in [-0.2, -0.15) is 0 Å². The molecule has 0 aliphatic rings. The number of hydrogen-bond acceptors (Lipinski definition) is 4. The van der Waals surface area contributed by atoms with E-state index >= 15 is 0 Å². The second-order valence-corrected chi connectivity index (χ2v) is 4.32. The fourth-order valence-electron chi connectivity index (χ4n) is 1.72. The summed E-state index contributed by atoms with van der Waals surface area (Å²) in [5, 5.41) is 9.15. The van der Waals surface area contributed by atoms with Crippen LogP contribution < -0.4 is 0 Å². The van der Waals surface area contributed by atoms with E-state index in [9.17, 15) is 9.59 Å². The Hall–Kier alpha value is -2.62. The SMILES string of the molecule is C[C@@H](OC(=O)c1ccc(O)cc1)C(=O)c1ccccc1. The summed E-state index contributed by atoms with van der Waals surface area (Å²) in [5.74, 6) is -0.783. The van der Waals surface area contributed by atoms with Gasteiger partial charge in [0.2, 0.25) is 5.78 Å². The highest BCUT2D eigenvalue weighted by Gasteiger charge is 2.20. The number of carbonyl (C=O) groups is 2. The van der Waals surface area contributed by atoms with Crippen molar-refractivity contribution in [1.82, 2.24) is 0 Å². The van der Waals surface area contributed by atoms with Crippen molar-refractivity contribution in [3.05, 3.63) is 65.7 Å². The van der Waals surface area contributed by atoms with Crippen molar-refractivity contribution in [2.45, 2.75) is 13.0 Å². The number of phenolic OH excluding ortho intramolecular Hbond substituents is 1. The summed E-state index contributed by atoms with van der Waals surface area (Å²) in [6.07, 6.45) is -0.862. The van der Waals surface area contributed by atoms with Gasteiger partial charge in [0.05, 0.1) is 5.56 Å². The number of ether oxygens (including phenoxy) is 1. The molecule has 0 saturated carbocycles. The Morgan fingerprint density at radius 1 is 0.950 bits per heavy atom. The summed E-state index contributed by atoms with van der Waals surface area (Å²) in [6.45, 7) is 1.54. The highest BCUT2D eigenvalue weighted by molar-refractivity contribution is 6.01. The maximum Gasteiger partial charge on any atom is 0.338 e. The Kier molecular flexibility index (Phi) is 4.15. The van der Waals surface area contributed by atoms with E-state index in [2.05, 4.69) is 0 Å². The molecular weight excluding hydrogens is 256 g/mol. The van der Waals surface area contributed by atoms with Crippen LogP contribution >= 0.6 is 0 Å². The predicted octanol–water partition coefficient (Wildman–Crippen LogP) is 2.82. The number of benzene rings is 2. The summed E-state index contributed by atoms with van der Waals surface area (Å²) in [7, 11) is 0. The van der Waals surface area contributed by atoms with Gasteiger partial charge in [0.25, 0.3) is 0 Å². The smallest absolute Gasteiger partial charge is 0.338 e. The Morgan fingerprint density at radius 3 is 2.15 bits per heavy atom. The molecule has 0 bridgehead atoms. The molecular formula is C16H14O4. The minimum Gasteiger partial charge on any atom is -0.508 e. The first kappa shape index (κ1) is 13.8. The van der Waals surface area contributed by atoms with Gasteiger partial charge in [0, 0.05) is 5.56 Å². The highest BCUT2D eigenvalue weighted by Crippen LogP contribution is 2.13. The van der Waals surface area contributed by atoms with Crippen LogP contribution in [0.5, 0.6) is 5.75 Å². The number of Topliss-reactive ketones (excluding diaryl/α,β-unsaturated/α-hetero) is 1. The summed E-state index contributed by atoms with van der Waals surface area (Å²) in [4.78, 5) is 23.9. The molecule has 0 aliphatic heterocycles. The molecule has 0 amide bonds. The van der Waals surface area contributed by atoms with Crippen molar-refractivity contribution in [1.29, 1.82) is 0 Å². The Bertz CT molecular complexity index is 602. The topological polar surface area (TPSA) is 63.6 Å². The second kappa shape index (κ2) is 6.02. The normalized spacial score (nSPS) is 11.7. The molecule has 1 N–H and O–H groups in total. The zero-order chi connectivity index (χ0) is 14.5. The Labute approximate surface area is 116 Å². The number of hydrogen-bond donors (Lipinski definition) is 1. The fourth-order valence-corrected chi connectivity index (χ4v) is 1.72. The molecule has 0 radical (unpaired) electrons. The van der Waals surface area contributed by atoms with Crippen molar-refractivity contribution >= 4 is 11.8 Å². The van der Waals surface area contributed by atoms with Crippen LogP contribution in [0.15, 0.2) is 54.6 Å². The first-order valence-corrected chi connectivity index (χ1v) is 6.17. The number of rotatable bonds is 4. The van der Waals surface area contributed by atoms with Gasteiger partial charge in [-0.15, -0.1) is 0 Å². The minimum absolute atomic E-state index is 0.0648. The molecule has 1 atom stereocenters. The van der Waals surface area contributed by atoms with Crippen LogP contribution in [0.3, 0.4) is 0 Å². The molecule has 0 fully saturated rings. The second-order valence-electron chi connectivity index (χ2n) is 4.32. The quantitative estimate of drug-likeness (QED) is 0.685. The molecule has 0 spiro atoms. The first-order valence-electron chi connectivity index (χ1n) is 6.17. The van der Waals surface area contributed by atoms with Crippen LogP contribution in [0.25, 0.3) is 0 Å². The molecule has 0 aromatic heterocycles. The molecule has 20 heavy (non-hydrogen) atoms. The van der Waals surface area contributed by atoms with Gasteiger partial charge >= 0.3 is 5.97 Å². The highest BCUT2D eigenvalue weighted by atomic mass is 16.5. The van der Waals surface area contributed by atoms with E-state index in [4.69, 9.17) is 9.84 Å². The average molecular weight is 270 g/mol. The lowest BCUT2D eigenvalue weighted by Crippen LogP contribution is -2.24. The van der Waals surface area contributed by atoms with Crippen LogP contribution in [0.2, 0.25) is 0 Å². The molecule has 0 saturated heterocycles. The van der Waals surface area contributed by atoms with E-state index < -0.39 is 12.1 Å². The third-order valence-corrected chi connectivity index (χ3v) is 2.81. The van der Waals surface area contributed by atoms with Crippen molar-refractivity contribution in [3.63, 3.8) is 0 Å². The van der Waals surface area contributed by atoms with Gasteiger partial charge in [0.15, 0.2) is 6.10 Å². The van der Waals surface area contributed by atoms with Crippen LogP contribution in [-0.2, 0) is 4.74 Å². The molecule has 0 aliphatic carbocycles. The molecule has 2 rings (SSSR count). The molecule has 2 aromatic rings. The lowest BCUT2D eigenvalue weighted by Gasteiger charge is -2.12. The number of phenols is 1. The molecule has 4 nitrogen and oxygen atoms in total. The minimum atomic E-state index is -0.862. The number of carbonyl (C=O) groups excluding carboxylic acids is 2. The number of aromatic hydroxyl groups is 1. The standard InChI is InChI=1S/C16H14O4/c1-11(15(18)12-5-3-2-4-6-12)20-16(19)13-7-9-14(17)10-8-13/h2-11,17H,1H3/t11-/m1/s1. The van der Waals surface area contributed by atoms with E-state index in [1.165, 1.54) is 31.2 Å². The van der Waals surface area contributed by atoms with E-state index in [1.54, 1.807) is 24.3 Å². The molecule has 102 valence electrons. The lowest BCUT2D eigenvalue weighted by molar-refractivity contribution is 0.0319. The number of esters is 1. The first-order chi connectivity index (χ1) is 9.58. The third-order valence-electron chi connectivity index (χ3n) is 2.81. The van der Waals surface area contributed by atoms with E-state index in [0.717, 1.165) is 0 Å². The molecule has 0 heterocycles. The van der Waals surface area contributed by atoms with Crippen LogP contribution in [0, 0.1) is 0 Å². The van der Waals surface area contributed by atoms with Gasteiger partial charge in [-0.25, -0.2) is 4.79 Å². The summed E-state index contributed by atoms with van der Waals surface area (Å²) in [5.41, 5.74) is 0.786. The van der Waals surface area contributed by atoms with E-state index in [-0.39, 0.29) is 17.1 Å². The molecule has 2 aromatic carbocycles. The summed E-state index contributed by atoms with van der Waals surface area (Å²) < 4.78 is 5.12. The van der Waals surface area contributed by atoms with Crippen LogP contribution in [-0.4, -0.2) is 23.0 Å². The Balaban J connectivity index is 2.04. The van der Waals surface area contributed by atoms with Gasteiger partial charge in [-0.3, -0.25) is 4.79 Å². The largest absolute Gasteiger partial charge is 0.508 e. The lowest BCUT2D eigenvalue weighted by atomic mass is 10.1. The van der Waals surface area contributed by atoms with Gasteiger partial charge < -0.3 is 9.84 Å². The third kappa shape index (κ3) is 3.23. The maximum atomic E-state index is 12.0. The summed E-state index contributed by atoms with van der Waals surface area (Å²) >= 11 is 0. The van der Waals surface area contributed by atoms with Gasteiger partial charge in [-0.05, 0) is 31.2 Å². The predicted molar refractivity (Wildman–Crippen MR) is 73.8 cm³/mol. The van der Waals surface area contributed by atoms with Crippen LogP contribution in [0.4, 0.5) is 0 Å².